The van der Waals surface area contributed by atoms with Gasteiger partial charge in [0.15, 0.2) is 0 Å². The third-order valence-electron chi connectivity index (χ3n) is 6.11. The Bertz CT molecular complexity index is 1340. The van der Waals surface area contributed by atoms with Gasteiger partial charge in [-0.25, -0.2) is 4.98 Å². The van der Waals surface area contributed by atoms with Gasteiger partial charge in [-0.1, -0.05) is 42.5 Å². The van der Waals surface area contributed by atoms with Crippen LogP contribution in [0.4, 0.5) is 17.3 Å². The van der Waals surface area contributed by atoms with Crippen LogP contribution in [0, 0.1) is 0 Å². The summed E-state index contributed by atoms with van der Waals surface area (Å²) >= 11 is 0. The quantitative estimate of drug-likeness (QED) is 0.477. The number of pyridine rings is 1. The predicted octanol–water partition coefficient (Wildman–Crippen LogP) is 4.00. The van der Waals surface area contributed by atoms with E-state index in [1.54, 1.807) is 22.9 Å². The minimum absolute atomic E-state index is 0.0913. The molecule has 1 aliphatic heterocycles. The highest BCUT2D eigenvalue weighted by atomic mass is 16.1. The lowest BCUT2D eigenvalue weighted by molar-refractivity contribution is 0.313. The van der Waals surface area contributed by atoms with E-state index in [1.165, 1.54) is 5.69 Å². The van der Waals surface area contributed by atoms with Crippen molar-refractivity contribution in [3.05, 3.63) is 94.9 Å². The van der Waals surface area contributed by atoms with Gasteiger partial charge in [-0.3, -0.25) is 9.36 Å². The Labute approximate surface area is 199 Å². The van der Waals surface area contributed by atoms with Gasteiger partial charge in [-0.2, -0.15) is 4.98 Å². The van der Waals surface area contributed by atoms with Gasteiger partial charge in [0.1, 0.15) is 5.65 Å². The second-order valence-corrected chi connectivity index (χ2v) is 8.53. The first-order valence-electron chi connectivity index (χ1n) is 11.5. The number of benzene rings is 2. The van der Waals surface area contributed by atoms with E-state index in [2.05, 4.69) is 44.3 Å². The van der Waals surface area contributed by atoms with Gasteiger partial charge in [0.05, 0.1) is 0 Å². The van der Waals surface area contributed by atoms with Crippen molar-refractivity contribution in [1.82, 2.24) is 19.4 Å². The van der Waals surface area contributed by atoms with Crippen LogP contribution in [0.25, 0.3) is 17.1 Å². The van der Waals surface area contributed by atoms with Crippen molar-refractivity contribution in [2.24, 2.45) is 0 Å². The van der Waals surface area contributed by atoms with Crippen molar-refractivity contribution in [3.63, 3.8) is 0 Å². The Morgan fingerprint density at radius 1 is 0.941 bits per heavy atom. The molecule has 7 heteroatoms. The molecule has 0 bridgehead atoms. The first kappa shape index (κ1) is 21.9. The highest BCUT2D eigenvalue weighted by Crippen LogP contribution is 2.21. The molecular weight excluding hydrogens is 424 g/mol. The minimum Gasteiger partial charge on any atom is -0.369 e. The van der Waals surface area contributed by atoms with Crippen molar-refractivity contribution in [1.29, 1.82) is 0 Å². The van der Waals surface area contributed by atoms with E-state index >= 15 is 0 Å². The Morgan fingerprint density at radius 2 is 1.71 bits per heavy atom. The summed E-state index contributed by atoms with van der Waals surface area (Å²) < 4.78 is 1.66. The van der Waals surface area contributed by atoms with Crippen LogP contribution in [0.15, 0.2) is 83.8 Å². The molecule has 0 amide bonds. The maximum Gasteiger partial charge on any atom is 0.252 e. The number of nitrogens with zero attached hydrogens (tertiary/aromatic N) is 5. The topological polar surface area (TPSA) is 66.3 Å². The van der Waals surface area contributed by atoms with Gasteiger partial charge in [0, 0.05) is 61.7 Å². The molecule has 0 saturated carbocycles. The molecule has 5 rings (SSSR count). The van der Waals surface area contributed by atoms with Gasteiger partial charge in [-0.15, -0.1) is 0 Å². The lowest BCUT2D eigenvalue weighted by atomic mass is 10.2. The van der Waals surface area contributed by atoms with Gasteiger partial charge in [-0.05, 0) is 42.9 Å². The predicted molar refractivity (Wildman–Crippen MR) is 139 cm³/mol. The fourth-order valence-electron chi connectivity index (χ4n) is 4.12. The van der Waals surface area contributed by atoms with E-state index in [0.29, 0.717) is 18.1 Å². The largest absolute Gasteiger partial charge is 0.369 e. The lowest BCUT2D eigenvalue weighted by Crippen LogP contribution is -2.44. The Kier molecular flexibility index (Phi) is 6.35. The molecule has 0 spiro atoms. The van der Waals surface area contributed by atoms with Crippen LogP contribution < -0.4 is 15.8 Å². The Hall–Kier alpha value is -3.97. The molecule has 0 aliphatic carbocycles. The number of aromatic nitrogens is 3. The summed E-state index contributed by atoms with van der Waals surface area (Å²) in [4.78, 5) is 26.5. The van der Waals surface area contributed by atoms with Crippen LogP contribution >= 0.6 is 0 Å². The molecule has 0 radical (unpaired) electrons. The zero-order valence-corrected chi connectivity index (χ0v) is 19.3. The highest BCUT2D eigenvalue weighted by molar-refractivity contribution is 5.76. The summed E-state index contributed by atoms with van der Waals surface area (Å²) in [5.74, 6) is 0.464. The molecule has 0 unspecified atom stereocenters. The average molecular weight is 453 g/mol. The minimum atomic E-state index is -0.0913. The second kappa shape index (κ2) is 9.89. The maximum atomic E-state index is 12.6. The second-order valence-electron chi connectivity index (χ2n) is 8.53. The summed E-state index contributed by atoms with van der Waals surface area (Å²) in [5.41, 5.74) is 3.74. The molecular formula is C27H28N6O. The summed E-state index contributed by atoms with van der Waals surface area (Å²) in [6.07, 6.45) is 5.73. The first-order chi connectivity index (χ1) is 16.7. The van der Waals surface area contributed by atoms with Crippen molar-refractivity contribution in [3.8, 4) is 0 Å². The molecule has 0 atom stereocenters. The van der Waals surface area contributed by atoms with E-state index in [4.69, 9.17) is 0 Å². The molecule has 34 heavy (non-hydrogen) atoms. The van der Waals surface area contributed by atoms with Gasteiger partial charge >= 0.3 is 0 Å². The number of fused-ring (bicyclic) bond motifs is 1. The van der Waals surface area contributed by atoms with Crippen LogP contribution in [0.2, 0.25) is 0 Å². The summed E-state index contributed by atoms with van der Waals surface area (Å²) in [6.45, 7) is 4.65. The van der Waals surface area contributed by atoms with Crippen LogP contribution in [0.1, 0.15) is 5.56 Å². The maximum absolute atomic E-state index is 12.6. The Morgan fingerprint density at radius 3 is 2.47 bits per heavy atom. The molecule has 2 aromatic carbocycles. The number of rotatable bonds is 6. The molecule has 172 valence electrons. The van der Waals surface area contributed by atoms with Gasteiger partial charge < -0.3 is 15.1 Å². The third kappa shape index (κ3) is 5.00. The number of likely N-dealkylation sites (N-methyl/N-ethyl adjacent to an activating group) is 1. The molecule has 4 aromatic rings. The van der Waals surface area contributed by atoms with Crippen LogP contribution in [0.5, 0.6) is 0 Å². The van der Waals surface area contributed by atoms with E-state index in [-0.39, 0.29) is 5.56 Å². The molecule has 3 heterocycles. The van der Waals surface area contributed by atoms with Crippen LogP contribution in [-0.2, 0) is 6.54 Å². The van der Waals surface area contributed by atoms with E-state index < -0.39 is 0 Å². The number of anilines is 3. The van der Waals surface area contributed by atoms with Crippen LogP contribution in [-0.4, -0.2) is 52.7 Å². The van der Waals surface area contributed by atoms with Crippen molar-refractivity contribution >= 4 is 34.4 Å². The smallest absolute Gasteiger partial charge is 0.252 e. The average Bonchev–Trinajstić information content (AvgIpc) is 2.87. The molecule has 1 N–H and O–H groups in total. The monoisotopic (exact) mass is 452 g/mol. The number of hydrogen-bond acceptors (Lipinski definition) is 6. The summed E-state index contributed by atoms with van der Waals surface area (Å²) in [7, 11) is 2.16. The number of hydrogen-bond donors (Lipinski definition) is 1. The number of piperazine rings is 1. The van der Waals surface area contributed by atoms with Crippen LogP contribution in [0.3, 0.4) is 0 Å². The van der Waals surface area contributed by atoms with Gasteiger partial charge in [0.2, 0.25) is 5.95 Å². The van der Waals surface area contributed by atoms with E-state index in [0.717, 1.165) is 42.8 Å². The fraction of sp³-hybridized carbons (Fsp3) is 0.222. The van der Waals surface area contributed by atoms with Crippen molar-refractivity contribution in [2.75, 3.05) is 43.4 Å². The molecule has 1 fully saturated rings. The van der Waals surface area contributed by atoms with E-state index in [9.17, 15) is 4.79 Å². The SMILES string of the molecule is CN1CCN(c2ccc(Nc3ncc4ccc(=O)n(C/C=C/c5ccccc5)c4n3)cc2)CC1. The first-order valence-corrected chi connectivity index (χ1v) is 11.5. The standard InChI is InChI=1S/C27H28N6O/c1-31-16-18-32(19-17-31)24-12-10-23(11-13-24)29-27-28-20-22-9-14-25(34)33(26(22)30-27)15-5-8-21-6-3-2-4-7-21/h2-14,20H,15-19H2,1H3,(H,28,29,30)/b8-5+. The third-order valence-corrected chi connectivity index (χ3v) is 6.11. The van der Waals surface area contributed by atoms with Gasteiger partial charge in [0.25, 0.3) is 5.56 Å². The normalized spacial score (nSPS) is 14.7. The molecule has 1 saturated heterocycles. The summed E-state index contributed by atoms with van der Waals surface area (Å²) in [5, 5.41) is 4.10. The number of allylic oxidation sites excluding steroid dienone is 1. The Balaban J connectivity index is 1.34. The fourth-order valence-corrected chi connectivity index (χ4v) is 4.12. The zero-order chi connectivity index (χ0) is 23.3. The van der Waals surface area contributed by atoms with Crippen molar-refractivity contribution in [2.45, 2.75) is 6.54 Å². The number of nitrogens with one attached hydrogen (secondary N) is 1. The van der Waals surface area contributed by atoms with Crippen molar-refractivity contribution < 1.29 is 0 Å². The van der Waals surface area contributed by atoms with E-state index in [1.807, 2.05) is 54.6 Å². The molecule has 7 nitrogen and oxygen atoms in total. The lowest BCUT2D eigenvalue weighted by Gasteiger charge is -2.34. The molecule has 1 aliphatic rings. The highest BCUT2D eigenvalue weighted by Gasteiger charge is 2.14. The zero-order valence-electron chi connectivity index (χ0n) is 19.3. The molecule has 2 aromatic heterocycles. The summed E-state index contributed by atoms with van der Waals surface area (Å²) in [6, 6.07) is 21.7.